The Morgan fingerprint density at radius 1 is 1.19 bits per heavy atom. The van der Waals surface area contributed by atoms with Crippen molar-refractivity contribution in [2.45, 2.75) is 32.6 Å². The Bertz CT molecular complexity index is 277. The molecule has 4 heteroatoms. The molecule has 0 aromatic carbocycles. The third-order valence-corrected chi connectivity index (χ3v) is 2.40. The summed E-state index contributed by atoms with van der Waals surface area (Å²) in [6, 6.07) is 0. The van der Waals surface area contributed by atoms with Crippen molar-refractivity contribution in [3.8, 4) is 0 Å². The van der Waals surface area contributed by atoms with Gasteiger partial charge in [-0.15, -0.1) is 6.58 Å². The molecule has 0 rings (SSSR count). The van der Waals surface area contributed by atoms with Crippen molar-refractivity contribution in [3.63, 3.8) is 0 Å². The first-order valence-corrected chi connectivity index (χ1v) is 5.24. The van der Waals surface area contributed by atoms with Gasteiger partial charge in [0, 0.05) is 0 Å². The molecule has 0 fully saturated rings. The number of hydrogen-bond acceptors (Lipinski definition) is 2. The van der Waals surface area contributed by atoms with E-state index < -0.39 is 17.4 Å². The minimum atomic E-state index is -1.77. The lowest BCUT2D eigenvalue weighted by Gasteiger charge is -2.21. The molecule has 0 aromatic rings. The molecule has 0 aliphatic carbocycles. The largest absolute Gasteiger partial charge is 0.480 e. The molecule has 0 aliphatic heterocycles. The van der Waals surface area contributed by atoms with E-state index in [0.717, 1.165) is 12.8 Å². The predicted molar refractivity (Wildman–Crippen MR) is 61.2 cm³/mol. The molecule has 0 bridgehead atoms. The highest BCUT2D eigenvalue weighted by molar-refractivity contribution is 5.98. The Morgan fingerprint density at radius 3 is 2.12 bits per heavy atom. The maximum atomic E-state index is 11.1. The third kappa shape index (κ3) is 3.53. The topological polar surface area (TPSA) is 74.6 Å². The molecule has 16 heavy (non-hydrogen) atoms. The van der Waals surface area contributed by atoms with Crippen molar-refractivity contribution < 1.29 is 19.8 Å². The van der Waals surface area contributed by atoms with Crippen LogP contribution in [0.3, 0.4) is 0 Å². The minimum absolute atomic E-state index is 0.0102. The average molecular weight is 226 g/mol. The van der Waals surface area contributed by atoms with Gasteiger partial charge in [0.05, 0.1) is 0 Å². The summed E-state index contributed by atoms with van der Waals surface area (Å²) >= 11 is 0. The summed E-state index contributed by atoms with van der Waals surface area (Å²) in [6.07, 6.45) is 6.45. The Labute approximate surface area is 95.3 Å². The molecular formula is C12H18O4. The number of carboxylic acids is 2. The molecule has 0 heterocycles. The van der Waals surface area contributed by atoms with Crippen molar-refractivity contribution in [2.75, 3.05) is 0 Å². The Hall–Kier alpha value is -1.58. The summed E-state index contributed by atoms with van der Waals surface area (Å²) in [5, 5.41) is 18.0. The summed E-state index contributed by atoms with van der Waals surface area (Å²) in [7, 11) is 0. The van der Waals surface area contributed by atoms with Gasteiger partial charge in [0.2, 0.25) is 0 Å². The van der Waals surface area contributed by atoms with Crippen LogP contribution in [0.15, 0.2) is 24.8 Å². The second kappa shape index (κ2) is 6.82. The summed E-state index contributed by atoms with van der Waals surface area (Å²) in [5.41, 5.74) is -1.77. The van der Waals surface area contributed by atoms with Gasteiger partial charge >= 0.3 is 11.9 Å². The van der Waals surface area contributed by atoms with Crippen LogP contribution in [0.5, 0.6) is 0 Å². The number of aliphatic carboxylic acids is 2. The van der Waals surface area contributed by atoms with Crippen molar-refractivity contribution >= 4 is 11.9 Å². The van der Waals surface area contributed by atoms with Crippen LogP contribution in [-0.4, -0.2) is 22.2 Å². The SMILES string of the molecule is C=CCC(CC=CCCC)(C(=O)O)C(=O)O. The lowest BCUT2D eigenvalue weighted by atomic mass is 9.81. The quantitative estimate of drug-likeness (QED) is 0.492. The molecule has 0 saturated heterocycles. The second-order valence-corrected chi connectivity index (χ2v) is 3.65. The van der Waals surface area contributed by atoms with Crippen LogP contribution in [0, 0.1) is 5.41 Å². The second-order valence-electron chi connectivity index (χ2n) is 3.65. The smallest absolute Gasteiger partial charge is 0.321 e. The fourth-order valence-corrected chi connectivity index (χ4v) is 1.34. The van der Waals surface area contributed by atoms with Crippen LogP contribution in [0.2, 0.25) is 0 Å². The molecule has 2 N–H and O–H groups in total. The number of carboxylic acid groups (broad SMARTS) is 2. The number of unbranched alkanes of at least 4 members (excludes halogenated alkanes) is 1. The Morgan fingerprint density at radius 2 is 1.75 bits per heavy atom. The first-order valence-electron chi connectivity index (χ1n) is 5.24. The molecule has 0 saturated carbocycles. The number of allylic oxidation sites excluding steroid dienone is 3. The molecule has 4 nitrogen and oxygen atoms in total. The maximum absolute atomic E-state index is 11.1. The molecule has 0 atom stereocenters. The first-order chi connectivity index (χ1) is 7.51. The normalized spacial score (nSPS) is 11.6. The Balaban J connectivity index is 4.82. The van der Waals surface area contributed by atoms with E-state index in [-0.39, 0.29) is 12.8 Å². The molecular weight excluding hydrogens is 208 g/mol. The van der Waals surface area contributed by atoms with Crippen molar-refractivity contribution in [2.24, 2.45) is 5.41 Å². The van der Waals surface area contributed by atoms with E-state index in [9.17, 15) is 9.59 Å². The van der Waals surface area contributed by atoms with E-state index in [0.29, 0.717) is 0 Å². The van der Waals surface area contributed by atoms with Gasteiger partial charge < -0.3 is 10.2 Å². The van der Waals surface area contributed by atoms with Gasteiger partial charge in [0.25, 0.3) is 0 Å². The number of rotatable bonds is 8. The van der Waals surface area contributed by atoms with E-state index in [1.807, 2.05) is 13.0 Å². The summed E-state index contributed by atoms with van der Waals surface area (Å²) in [6.45, 7) is 5.40. The van der Waals surface area contributed by atoms with Gasteiger partial charge in [-0.1, -0.05) is 31.6 Å². The number of carbonyl (C=O) groups is 2. The predicted octanol–water partition coefficient (Wildman–Crippen LogP) is 2.46. The van der Waals surface area contributed by atoms with Gasteiger partial charge in [0.15, 0.2) is 5.41 Å². The van der Waals surface area contributed by atoms with E-state index >= 15 is 0 Å². The van der Waals surface area contributed by atoms with E-state index in [1.54, 1.807) is 6.08 Å². The third-order valence-electron chi connectivity index (χ3n) is 2.40. The number of hydrogen-bond donors (Lipinski definition) is 2. The maximum Gasteiger partial charge on any atom is 0.321 e. The summed E-state index contributed by atoms with van der Waals surface area (Å²) in [5.74, 6) is -2.64. The summed E-state index contributed by atoms with van der Waals surface area (Å²) < 4.78 is 0. The van der Waals surface area contributed by atoms with Gasteiger partial charge in [-0.25, -0.2) is 0 Å². The standard InChI is InChI=1S/C12H18O4/c1-3-5-6-7-9-12(8-4-2,10(13)14)11(15)16/h4,6-7H,2-3,5,8-9H2,1H3,(H,13,14)(H,15,16). The van der Waals surface area contributed by atoms with Crippen molar-refractivity contribution in [1.29, 1.82) is 0 Å². The fourth-order valence-electron chi connectivity index (χ4n) is 1.34. The zero-order chi connectivity index (χ0) is 12.6. The highest BCUT2D eigenvalue weighted by atomic mass is 16.4. The zero-order valence-corrected chi connectivity index (χ0v) is 9.48. The van der Waals surface area contributed by atoms with Crippen LogP contribution in [0.1, 0.15) is 32.6 Å². The van der Waals surface area contributed by atoms with Gasteiger partial charge in [-0.3, -0.25) is 9.59 Å². The highest BCUT2D eigenvalue weighted by Gasteiger charge is 2.44. The van der Waals surface area contributed by atoms with Crippen molar-refractivity contribution in [3.05, 3.63) is 24.8 Å². The van der Waals surface area contributed by atoms with E-state index in [2.05, 4.69) is 6.58 Å². The lowest BCUT2D eigenvalue weighted by Crippen LogP contribution is -2.38. The summed E-state index contributed by atoms with van der Waals surface area (Å²) in [4.78, 5) is 22.1. The highest BCUT2D eigenvalue weighted by Crippen LogP contribution is 2.28. The van der Waals surface area contributed by atoms with Crippen LogP contribution in [0.4, 0.5) is 0 Å². The average Bonchev–Trinajstić information content (AvgIpc) is 2.21. The van der Waals surface area contributed by atoms with Crippen LogP contribution < -0.4 is 0 Å². The molecule has 0 aromatic heterocycles. The van der Waals surface area contributed by atoms with Gasteiger partial charge in [-0.2, -0.15) is 0 Å². The van der Waals surface area contributed by atoms with E-state index in [1.165, 1.54) is 6.08 Å². The first kappa shape index (κ1) is 14.4. The van der Waals surface area contributed by atoms with Crippen molar-refractivity contribution in [1.82, 2.24) is 0 Å². The fraction of sp³-hybridized carbons (Fsp3) is 0.500. The lowest BCUT2D eigenvalue weighted by molar-refractivity contribution is -0.164. The van der Waals surface area contributed by atoms with Crippen LogP contribution in [0.25, 0.3) is 0 Å². The molecule has 0 unspecified atom stereocenters. The molecule has 0 radical (unpaired) electrons. The van der Waals surface area contributed by atoms with E-state index in [4.69, 9.17) is 10.2 Å². The Kier molecular flexibility index (Phi) is 6.15. The van der Waals surface area contributed by atoms with Gasteiger partial charge in [0.1, 0.15) is 0 Å². The van der Waals surface area contributed by atoms with Crippen LogP contribution >= 0.6 is 0 Å². The minimum Gasteiger partial charge on any atom is -0.480 e. The molecule has 0 spiro atoms. The molecule has 90 valence electrons. The zero-order valence-electron chi connectivity index (χ0n) is 9.48. The van der Waals surface area contributed by atoms with Gasteiger partial charge in [-0.05, 0) is 19.3 Å². The van der Waals surface area contributed by atoms with Crippen LogP contribution in [-0.2, 0) is 9.59 Å². The monoisotopic (exact) mass is 226 g/mol. The molecule has 0 aliphatic rings. The molecule has 0 amide bonds.